The van der Waals surface area contributed by atoms with Crippen LogP contribution in [0.3, 0.4) is 0 Å². The Hall–Kier alpha value is -1.37. The van der Waals surface area contributed by atoms with Crippen molar-refractivity contribution in [2.45, 2.75) is 45.2 Å². The number of likely N-dealkylation sites (tertiary alicyclic amines) is 1. The number of ether oxygens (including phenoxy) is 1. The van der Waals surface area contributed by atoms with E-state index in [0.29, 0.717) is 6.54 Å². The molecule has 0 saturated carbocycles. The van der Waals surface area contributed by atoms with E-state index < -0.39 is 12.1 Å². The number of alkyl carbamates (subject to hydrolysis) is 1. The maximum atomic E-state index is 12.9. The first-order chi connectivity index (χ1) is 10.4. The van der Waals surface area contributed by atoms with Crippen LogP contribution < -0.4 is 5.32 Å². The summed E-state index contributed by atoms with van der Waals surface area (Å²) in [7, 11) is 1.30. The number of carbonyl (C=O) groups is 2. The second-order valence-corrected chi connectivity index (χ2v) is 6.94. The molecule has 1 fully saturated rings. The number of methoxy groups -OCH3 is 1. The number of nitrogens with zero attached hydrogens (tertiary/aromatic N) is 2. The third kappa shape index (κ3) is 3.69. The molecule has 1 saturated heterocycles. The SMILES string of the molecule is COC(=O)N[C@H](C(=O)N1CCCC1C1=NC=C(Br)C1)C(C)C. The summed E-state index contributed by atoms with van der Waals surface area (Å²) < 4.78 is 5.66. The molecule has 0 spiro atoms. The quantitative estimate of drug-likeness (QED) is 0.824. The minimum absolute atomic E-state index is 0.0109. The molecule has 0 aromatic rings. The van der Waals surface area contributed by atoms with Gasteiger partial charge in [-0.1, -0.05) is 29.8 Å². The number of rotatable bonds is 4. The normalized spacial score (nSPS) is 22.4. The molecule has 122 valence electrons. The number of nitrogens with one attached hydrogen (secondary N) is 1. The van der Waals surface area contributed by atoms with Gasteiger partial charge in [0.05, 0.1) is 13.2 Å². The Bertz CT molecular complexity index is 516. The average Bonchev–Trinajstić information content (AvgIpc) is 3.11. The van der Waals surface area contributed by atoms with Crippen LogP contribution in [-0.2, 0) is 9.53 Å². The van der Waals surface area contributed by atoms with Crippen LogP contribution in [0.2, 0.25) is 0 Å². The van der Waals surface area contributed by atoms with E-state index in [2.05, 4.69) is 31.0 Å². The van der Waals surface area contributed by atoms with Gasteiger partial charge in [-0.2, -0.15) is 0 Å². The Morgan fingerprint density at radius 2 is 2.23 bits per heavy atom. The standard InChI is InChI=1S/C15H22BrN3O3/c1-9(2)13(18-15(21)22-3)14(20)19-6-4-5-12(19)11-7-10(16)8-17-11/h8-9,12-13H,4-7H2,1-3H3,(H,18,21)/t12?,13-/m0/s1. The molecule has 6 nitrogen and oxygen atoms in total. The van der Waals surface area contributed by atoms with Gasteiger partial charge in [-0.15, -0.1) is 0 Å². The van der Waals surface area contributed by atoms with Crippen molar-refractivity contribution in [3.8, 4) is 0 Å². The van der Waals surface area contributed by atoms with Crippen LogP contribution in [0.15, 0.2) is 15.7 Å². The average molecular weight is 372 g/mol. The first kappa shape index (κ1) is 17.0. The number of hydrogen-bond acceptors (Lipinski definition) is 4. The fourth-order valence-corrected chi connectivity index (χ4v) is 3.27. The van der Waals surface area contributed by atoms with E-state index in [0.717, 1.165) is 29.5 Å². The van der Waals surface area contributed by atoms with Gasteiger partial charge < -0.3 is 15.0 Å². The largest absolute Gasteiger partial charge is 0.453 e. The van der Waals surface area contributed by atoms with E-state index in [1.165, 1.54) is 7.11 Å². The molecule has 0 aromatic heterocycles. The summed E-state index contributed by atoms with van der Waals surface area (Å²) in [6.07, 6.45) is 3.84. The van der Waals surface area contributed by atoms with Crippen LogP contribution in [0.25, 0.3) is 0 Å². The van der Waals surface area contributed by atoms with Crippen LogP contribution in [0, 0.1) is 5.92 Å². The number of halogens is 1. The monoisotopic (exact) mass is 371 g/mol. The van der Waals surface area contributed by atoms with E-state index >= 15 is 0 Å². The van der Waals surface area contributed by atoms with Crippen LogP contribution in [0.4, 0.5) is 4.79 Å². The molecule has 0 aromatic carbocycles. The fourth-order valence-electron chi connectivity index (χ4n) is 2.88. The van der Waals surface area contributed by atoms with Crippen molar-refractivity contribution in [3.63, 3.8) is 0 Å². The van der Waals surface area contributed by atoms with E-state index in [4.69, 9.17) is 0 Å². The number of amides is 2. The highest BCUT2D eigenvalue weighted by molar-refractivity contribution is 9.11. The Balaban J connectivity index is 2.10. The predicted molar refractivity (Wildman–Crippen MR) is 88.0 cm³/mol. The molecule has 2 atom stereocenters. The fraction of sp³-hybridized carbons (Fsp3) is 0.667. The van der Waals surface area contributed by atoms with Crippen molar-refractivity contribution >= 4 is 33.6 Å². The summed E-state index contributed by atoms with van der Waals surface area (Å²) in [5.74, 6) is -0.0724. The van der Waals surface area contributed by atoms with Crippen molar-refractivity contribution in [1.82, 2.24) is 10.2 Å². The smallest absolute Gasteiger partial charge is 0.407 e. The highest BCUT2D eigenvalue weighted by Crippen LogP contribution is 2.28. The minimum atomic E-state index is -0.578. The first-order valence-corrected chi connectivity index (χ1v) is 8.29. The zero-order chi connectivity index (χ0) is 16.3. The van der Waals surface area contributed by atoms with Crippen LogP contribution in [-0.4, -0.2) is 48.4 Å². The van der Waals surface area contributed by atoms with Crippen molar-refractivity contribution in [1.29, 1.82) is 0 Å². The topological polar surface area (TPSA) is 71.0 Å². The lowest BCUT2D eigenvalue weighted by atomic mass is 10.0. The molecule has 1 N–H and O–H groups in total. The summed E-state index contributed by atoms with van der Waals surface area (Å²) in [5.41, 5.74) is 1.01. The zero-order valence-corrected chi connectivity index (χ0v) is 14.7. The summed E-state index contributed by atoms with van der Waals surface area (Å²) in [5, 5.41) is 2.65. The lowest BCUT2D eigenvalue weighted by Crippen LogP contribution is -2.53. The first-order valence-electron chi connectivity index (χ1n) is 7.50. The highest BCUT2D eigenvalue weighted by Gasteiger charge is 2.38. The van der Waals surface area contributed by atoms with Gasteiger partial charge in [-0.05, 0) is 18.8 Å². The third-order valence-corrected chi connectivity index (χ3v) is 4.52. The zero-order valence-electron chi connectivity index (χ0n) is 13.1. The predicted octanol–water partition coefficient (Wildman–Crippen LogP) is 2.44. The highest BCUT2D eigenvalue weighted by atomic mass is 79.9. The van der Waals surface area contributed by atoms with Gasteiger partial charge in [-0.25, -0.2) is 4.79 Å². The number of hydrogen-bond donors (Lipinski definition) is 1. The van der Waals surface area contributed by atoms with Crippen molar-refractivity contribution < 1.29 is 14.3 Å². The molecule has 7 heteroatoms. The van der Waals surface area contributed by atoms with Gasteiger partial charge >= 0.3 is 6.09 Å². The van der Waals surface area contributed by atoms with Gasteiger partial charge in [-0.3, -0.25) is 9.79 Å². The lowest BCUT2D eigenvalue weighted by Gasteiger charge is -2.30. The number of allylic oxidation sites excluding steroid dienone is 1. The molecule has 0 aliphatic carbocycles. The molecule has 2 aliphatic heterocycles. The Morgan fingerprint density at radius 3 is 2.77 bits per heavy atom. The van der Waals surface area contributed by atoms with Gasteiger partial charge in [0.15, 0.2) is 0 Å². The number of aliphatic imine (C=N–C) groups is 1. The molecular weight excluding hydrogens is 350 g/mol. The van der Waals surface area contributed by atoms with Gasteiger partial charge in [0.2, 0.25) is 5.91 Å². The molecule has 2 rings (SSSR count). The number of carbonyl (C=O) groups excluding carboxylic acids is 2. The van der Waals surface area contributed by atoms with Gasteiger partial charge in [0.1, 0.15) is 6.04 Å². The van der Waals surface area contributed by atoms with Crippen molar-refractivity contribution in [3.05, 3.63) is 10.7 Å². The summed E-state index contributed by atoms with van der Waals surface area (Å²) in [4.78, 5) is 30.6. The Kier molecular flexibility index (Phi) is 5.61. The minimum Gasteiger partial charge on any atom is -0.453 e. The Morgan fingerprint density at radius 1 is 1.50 bits per heavy atom. The molecule has 1 unspecified atom stereocenters. The molecule has 0 bridgehead atoms. The lowest BCUT2D eigenvalue weighted by molar-refractivity contribution is -0.134. The molecule has 2 aliphatic rings. The maximum Gasteiger partial charge on any atom is 0.407 e. The van der Waals surface area contributed by atoms with Gasteiger partial charge in [0.25, 0.3) is 0 Å². The van der Waals surface area contributed by atoms with Crippen molar-refractivity contribution in [2.75, 3.05) is 13.7 Å². The summed E-state index contributed by atoms with van der Waals surface area (Å²) in [6.45, 7) is 4.52. The van der Waals surface area contributed by atoms with Crippen molar-refractivity contribution in [2.24, 2.45) is 10.9 Å². The second kappa shape index (κ2) is 7.26. The third-order valence-electron chi connectivity index (χ3n) is 4.03. The van der Waals surface area contributed by atoms with E-state index in [1.807, 2.05) is 18.7 Å². The van der Waals surface area contributed by atoms with E-state index in [9.17, 15) is 9.59 Å². The Labute approximate surface area is 139 Å². The summed E-state index contributed by atoms with van der Waals surface area (Å²) >= 11 is 3.45. The molecule has 2 heterocycles. The molecule has 0 radical (unpaired) electrons. The van der Waals surface area contributed by atoms with Crippen LogP contribution in [0.5, 0.6) is 0 Å². The van der Waals surface area contributed by atoms with E-state index in [1.54, 1.807) is 6.20 Å². The van der Waals surface area contributed by atoms with E-state index in [-0.39, 0.29) is 17.9 Å². The summed E-state index contributed by atoms with van der Waals surface area (Å²) in [6, 6.07) is -0.550. The maximum absolute atomic E-state index is 12.9. The van der Waals surface area contributed by atoms with Gasteiger partial charge in [0, 0.05) is 29.4 Å². The molecule has 22 heavy (non-hydrogen) atoms. The molecule has 2 amide bonds. The van der Waals surface area contributed by atoms with Crippen LogP contribution in [0.1, 0.15) is 33.1 Å². The second-order valence-electron chi connectivity index (χ2n) is 5.92. The molecular formula is C15H22BrN3O3. The van der Waals surface area contributed by atoms with Crippen LogP contribution >= 0.6 is 15.9 Å².